The van der Waals surface area contributed by atoms with Gasteiger partial charge in [-0.3, -0.25) is 0 Å². The third-order valence-electron chi connectivity index (χ3n) is 3.37. The van der Waals surface area contributed by atoms with Crippen LogP contribution < -0.4 is 10.1 Å². The zero-order valence-corrected chi connectivity index (χ0v) is 12.4. The lowest BCUT2D eigenvalue weighted by Crippen LogP contribution is -2.22. The lowest BCUT2D eigenvalue weighted by Gasteiger charge is -2.14. The summed E-state index contributed by atoms with van der Waals surface area (Å²) in [6.07, 6.45) is 0. The van der Waals surface area contributed by atoms with Gasteiger partial charge in [0.1, 0.15) is 23.7 Å². The van der Waals surface area contributed by atoms with Crippen LogP contribution in [0.3, 0.4) is 0 Å². The summed E-state index contributed by atoms with van der Waals surface area (Å²) in [6.45, 7) is 0.484. The van der Waals surface area contributed by atoms with E-state index in [0.29, 0.717) is 11.6 Å². The number of nitrogens with one attached hydrogen (secondary N) is 1. The van der Waals surface area contributed by atoms with Crippen LogP contribution in [0.4, 0.5) is 0 Å². The summed E-state index contributed by atoms with van der Waals surface area (Å²) in [5, 5.41) is 5.01. The van der Waals surface area contributed by atoms with Crippen molar-refractivity contribution in [1.82, 2.24) is 5.32 Å². The van der Waals surface area contributed by atoms with Crippen LogP contribution in [-0.2, 0) is 0 Å². The predicted octanol–water partition coefficient (Wildman–Crippen LogP) is 4.43. The third kappa shape index (κ3) is 3.20. The molecule has 0 radical (unpaired) electrons. The van der Waals surface area contributed by atoms with Crippen molar-refractivity contribution >= 4 is 22.6 Å². The second-order valence-corrected chi connectivity index (χ2v) is 5.23. The van der Waals surface area contributed by atoms with Crippen LogP contribution in [0.5, 0.6) is 5.75 Å². The highest BCUT2D eigenvalue weighted by Gasteiger charge is 2.15. The number of ether oxygens (including phenoxy) is 1. The van der Waals surface area contributed by atoms with Gasteiger partial charge in [-0.25, -0.2) is 0 Å². The van der Waals surface area contributed by atoms with Crippen molar-refractivity contribution in [2.24, 2.45) is 0 Å². The maximum absolute atomic E-state index is 5.86. The van der Waals surface area contributed by atoms with Gasteiger partial charge in [0.2, 0.25) is 0 Å². The quantitative estimate of drug-likeness (QED) is 0.757. The van der Waals surface area contributed by atoms with Gasteiger partial charge in [0.25, 0.3) is 0 Å². The van der Waals surface area contributed by atoms with Gasteiger partial charge < -0.3 is 14.5 Å². The van der Waals surface area contributed by atoms with Crippen LogP contribution in [0.25, 0.3) is 11.0 Å². The molecule has 3 rings (SSSR count). The first-order valence-electron chi connectivity index (χ1n) is 6.80. The summed E-state index contributed by atoms with van der Waals surface area (Å²) in [6, 6.07) is 17.3. The standard InChI is InChI=1S/C17H16ClNO2/c1-19-15(11-20-14-8-6-13(18)7-9-14)17-10-12-4-2-3-5-16(12)21-17/h2-10,15,19H,11H2,1H3. The summed E-state index contributed by atoms with van der Waals surface area (Å²) in [7, 11) is 1.89. The minimum absolute atomic E-state index is 0.00641. The summed E-state index contributed by atoms with van der Waals surface area (Å²) in [5.41, 5.74) is 0.888. The topological polar surface area (TPSA) is 34.4 Å². The Morgan fingerprint density at radius 1 is 1.14 bits per heavy atom. The first kappa shape index (κ1) is 14.0. The maximum Gasteiger partial charge on any atom is 0.134 e. The molecule has 0 amide bonds. The van der Waals surface area contributed by atoms with Gasteiger partial charge in [0, 0.05) is 10.4 Å². The Kier molecular flexibility index (Phi) is 4.13. The van der Waals surface area contributed by atoms with Gasteiger partial charge in [-0.1, -0.05) is 29.8 Å². The normalized spacial score (nSPS) is 12.5. The van der Waals surface area contributed by atoms with Crippen molar-refractivity contribution in [1.29, 1.82) is 0 Å². The fraction of sp³-hybridized carbons (Fsp3) is 0.176. The van der Waals surface area contributed by atoms with E-state index in [1.807, 2.05) is 61.6 Å². The number of halogens is 1. The molecule has 0 aliphatic carbocycles. The van der Waals surface area contributed by atoms with E-state index >= 15 is 0 Å². The number of fused-ring (bicyclic) bond motifs is 1. The average Bonchev–Trinajstić information content (AvgIpc) is 2.93. The van der Waals surface area contributed by atoms with Gasteiger partial charge >= 0.3 is 0 Å². The highest BCUT2D eigenvalue weighted by atomic mass is 35.5. The van der Waals surface area contributed by atoms with E-state index in [1.165, 1.54) is 0 Å². The fourth-order valence-corrected chi connectivity index (χ4v) is 2.32. The largest absolute Gasteiger partial charge is 0.491 e. The molecule has 1 aromatic heterocycles. The third-order valence-corrected chi connectivity index (χ3v) is 3.62. The average molecular weight is 302 g/mol. The van der Waals surface area contributed by atoms with Crippen LogP contribution >= 0.6 is 11.6 Å². The first-order valence-corrected chi connectivity index (χ1v) is 7.18. The molecular weight excluding hydrogens is 286 g/mol. The summed E-state index contributed by atoms with van der Waals surface area (Å²) in [4.78, 5) is 0. The van der Waals surface area contributed by atoms with E-state index in [0.717, 1.165) is 22.5 Å². The van der Waals surface area contributed by atoms with Crippen LogP contribution in [0.15, 0.2) is 59.0 Å². The van der Waals surface area contributed by atoms with Gasteiger partial charge in [-0.05, 0) is 43.4 Å². The first-order chi connectivity index (χ1) is 10.3. The molecule has 0 bridgehead atoms. The Morgan fingerprint density at radius 2 is 1.90 bits per heavy atom. The van der Waals surface area contributed by atoms with E-state index in [4.69, 9.17) is 20.8 Å². The Hall–Kier alpha value is -1.97. The smallest absolute Gasteiger partial charge is 0.134 e. The number of hydrogen-bond donors (Lipinski definition) is 1. The summed E-state index contributed by atoms with van der Waals surface area (Å²) < 4.78 is 11.6. The molecule has 0 saturated carbocycles. The number of para-hydroxylation sites is 1. The molecule has 21 heavy (non-hydrogen) atoms. The second-order valence-electron chi connectivity index (χ2n) is 4.79. The van der Waals surface area contributed by atoms with E-state index in [1.54, 1.807) is 0 Å². The number of hydrogen-bond acceptors (Lipinski definition) is 3. The maximum atomic E-state index is 5.86. The fourth-order valence-electron chi connectivity index (χ4n) is 2.19. The Balaban J connectivity index is 1.73. The lowest BCUT2D eigenvalue weighted by atomic mass is 10.2. The molecular formula is C17H16ClNO2. The zero-order valence-electron chi connectivity index (χ0n) is 11.7. The Labute approximate surface area is 128 Å². The monoisotopic (exact) mass is 301 g/mol. The molecule has 3 nitrogen and oxygen atoms in total. The Morgan fingerprint density at radius 3 is 2.62 bits per heavy atom. The zero-order chi connectivity index (χ0) is 14.7. The van der Waals surface area contributed by atoms with Crippen LogP contribution in [0, 0.1) is 0 Å². The van der Waals surface area contributed by atoms with Crippen molar-refractivity contribution in [3.8, 4) is 5.75 Å². The SMILES string of the molecule is CNC(COc1ccc(Cl)cc1)c1cc2ccccc2o1. The lowest BCUT2D eigenvalue weighted by molar-refractivity contribution is 0.256. The van der Waals surface area contributed by atoms with Crippen molar-refractivity contribution in [2.75, 3.05) is 13.7 Å². The molecule has 0 aliphatic rings. The summed E-state index contributed by atoms with van der Waals surface area (Å²) in [5.74, 6) is 1.66. The van der Waals surface area contributed by atoms with Gasteiger partial charge in [0.15, 0.2) is 0 Å². The van der Waals surface area contributed by atoms with Gasteiger partial charge in [0.05, 0.1) is 6.04 Å². The highest BCUT2D eigenvalue weighted by molar-refractivity contribution is 6.30. The van der Waals surface area contributed by atoms with E-state index in [9.17, 15) is 0 Å². The molecule has 0 fully saturated rings. The highest BCUT2D eigenvalue weighted by Crippen LogP contribution is 2.24. The minimum atomic E-state index is -0.00641. The van der Waals surface area contributed by atoms with Gasteiger partial charge in [-0.15, -0.1) is 0 Å². The molecule has 2 aromatic carbocycles. The van der Waals surface area contributed by atoms with Crippen LogP contribution in [0.2, 0.25) is 5.02 Å². The minimum Gasteiger partial charge on any atom is -0.491 e. The molecule has 1 N–H and O–H groups in total. The molecule has 1 heterocycles. The molecule has 0 saturated heterocycles. The van der Waals surface area contributed by atoms with Crippen molar-refractivity contribution in [3.05, 3.63) is 65.4 Å². The van der Waals surface area contributed by atoms with Gasteiger partial charge in [-0.2, -0.15) is 0 Å². The number of furan rings is 1. The Bertz CT molecular complexity index is 688. The van der Waals surface area contributed by atoms with E-state index in [-0.39, 0.29) is 6.04 Å². The summed E-state index contributed by atoms with van der Waals surface area (Å²) >= 11 is 5.86. The number of rotatable bonds is 5. The molecule has 1 unspecified atom stereocenters. The second kappa shape index (κ2) is 6.20. The molecule has 1 atom stereocenters. The number of benzene rings is 2. The number of likely N-dealkylation sites (N-methyl/N-ethyl adjacent to an activating group) is 1. The van der Waals surface area contributed by atoms with Crippen molar-refractivity contribution < 1.29 is 9.15 Å². The molecule has 0 aliphatic heterocycles. The molecule has 3 aromatic rings. The molecule has 108 valence electrons. The predicted molar refractivity (Wildman–Crippen MR) is 85.0 cm³/mol. The molecule has 4 heteroatoms. The van der Waals surface area contributed by atoms with Crippen LogP contribution in [0.1, 0.15) is 11.8 Å². The van der Waals surface area contributed by atoms with Crippen molar-refractivity contribution in [3.63, 3.8) is 0 Å². The van der Waals surface area contributed by atoms with Crippen LogP contribution in [-0.4, -0.2) is 13.7 Å². The van der Waals surface area contributed by atoms with Crippen molar-refractivity contribution in [2.45, 2.75) is 6.04 Å². The molecule has 0 spiro atoms. The van der Waals surface area contributed by atoms with E-state index < -0.39 is 0 Å². The van der Waals surface area contributed by atoms with E-state index in [2.05, 4.69) is 5.32 Å².